The van der Waals surface area contributed by atoms with E-state index >= 15 is 0 Å². The van der Waals surface area contributed by atoms with E-state index in [1.165, 1.54) is 0 Å². The molecule has 2 aromatic carbocycles. The summed E-state index contributed by atoms with van der Waals surface area (Å²) in [4.78, 5) is 0. The smallest absolute Gasteiger partial charge is 0.174 e. The molecule has 4 heteroatoms. The van der Waals surface area contributed by atoms with Crippen molar-refractivity contribution in [2.75, 3.05) is 0 Å². The van der Waals surface area contributed by atoms with Gasteiger partial charge in [0.2, 0.25) is 0 Å². The predicted molar refractivity (Wildman–Crippen MR) is 72.2 cm³/mol. The largest absolute Gasteiger partial charge is 0.355 e. The van der Waals surface area contributed by atoms with Gasteiger partial charge in [0, 0.05) is 15.1 Å². The number of hydrogen-bond donors (Lipinski definition) is 0. The Balaban J connectivity index is 2.23. The first-order valence-electron chi connectivity index (χ1n) is 5.05. The third kappa shape index (κ3) is 1.96. The minimum absolute atomic E-state index is 0.680. The molecule has 3 rings (SSSR count). The Morgan fingerprint density at radius 1 is 1.06 bits per heavy atom. The normalized spacial score (nSPS) is 10.9. The monoisotopic (exact) mass is 307 g/mol. The van der Waals surface area contributed by atoms with Gasteiger partial charge in [-0.1, -0.05) is 32.7 Å². The second-order valence-corrected chi connectivity index (χ2v) is 5.03. The highest BCUT2D eigenvalue weighted by Crippen LogP contribution is 2.31. The Hall–Kier alpha value is -1.32. The molecule has 1 aromatic heterocycles. The molecule has 0 radical (unpaired) electrons. The van der Waals surface area contributed by atoms with Gasteiger partial charge in [0.15, 0.2) is 5.76 Å². The fourth-order valence-corrected chi connectivity index (χ4v) is 2.16. The lowest BCUT2D eigenvalue weighted by Gasteiger charge is -1.97. The molecule has 17 heavy (non-hydrogen) atoms. The van der Waals surface area contributed by atoms with Crippen molar-refractivity contribution in [3.8, 4) is 11.3 Å². The number of halogens is 2. The van der Waals surface area contributed by atoms with Crippen LogP contribution in [0.1, 0.15) is 0 Å². The molecule has 2 nitrogen and oxygen atoms in total. The molecule has 0 N–H and O–H groups in total. The van der Waals surface area contributed by atoms with Gasteiger partial charge in [0.05, 0.1) is 5.39 Å². The lowest BCUT2D eigenvalue weighted by atomic mass is 10.1. The second-order valence-electron chi connectivity index (χ2n) is 3.68. The summed E-state index contributed by atoms with van der Waals surface area (Å²) in [6.45, 7) is 0. The Morgan fingerprint density at radius 3 is 2.59 bits per heavy atom. The van der Waals surface area contributed by atoms with Crippen molar-refractivity contribution >= 4 is 38.4 Å². The Kier molecular flexibility index (Phi) is 2.65. The van der Waals surface area contributed by atoms with Crippen LogP contribution in [-0.4, -0.2) is 5.16 Å². The molecular formula is C13H7BrClNO. The van der Waals surface area contributed by atoms with Crippen molar-refractivity contribution < 1.29 is 4.52 Å². The molecule has 0 aliphatic rings. The first-order chi connectivity index (χ1) is 8.24. The molecule has 0 fully saturated rings. The average Bonchev–Trinajstić information content (AvgIpc) is 2.73. The first-order valence-corrected chi connectivity index (χ1v) is 6.22. The number of rotatable bonds is 1. The van der Waals surface area contributed by atoms with Gasteiger partial charge in [-0.2, -0.15) is 0 Å². The highest BCUT2D eigenvalue weighted by atomic mass is 79.9. The summed E-state index contributed by atoms with van der Waals surface area (Å²) >= 11 is 9.39. The summed E-state index contributed by atoms with van der Waals surface area (Å²) in [5.74, 6) is 0.745. The number of fused-ring (bicyclic) bond motifs is 1. The zero-order chi connectivity index (χ0) is 11.8. The van der Waals surface area contributed by atoms with E-state index in [0.29, 0.717) is 5.02 Å². The van der Waals surface area contributed by atoms with E-state index in [1.807, 2.05) is 36.4 Å². The van der Waals surface area contributed by atoms with Crippen molar-refractivity contribution in [2.24, 2.45) is 0 Å². The van der Waals surface area contributed by atoms with Crippen LogP contribution in [0.4, 0.5) is 0 Å². The predicted octanol–water partition coefficient (Wildman–Crippen LogP) is 4.91. The van der Waals surface area contributed by atoms with Crippen LogP contribution in [-0.2, 0) is 0 Å². The van der Waals surface area contributed by atoms with E-state index < -0.39 is 0 Å². The zero-order valence-corrected chi connectivity index (χ0v) is 11.0. The van der Waals surface area contributed by atoms with Gasteiger partial charge in [-0.3, -0.25) is 0 Å². The molecule has 0 atom stereocenters. The van der Waals surface area contributed by atoms with Gasteiger partial charge < -0.3 is 4.52 Å². The summed E-state index contributed by atoms with van der Waals surface area (Å²) in [6, 6.07) is 13.4. The van der Waals surface area contributed by atoms with E-state index in [4.69, 9.17) is 16.1 Å². The van der Waals surface area contributed by atoms with Crippen molar-refractivity contribution in [2.45, 2.75) is 0 Å². The van der Waals surface area contributed by atoms with Crippen LogP contribution in [0, 0.1) is 0 Å². The van der Waals surface area contributed by atoms with Gasteiger partial charge in [-0.25, -0.2) is 0 Å². The summed E-state index contributed by atoms with van der Waals surface area (Å²) in [7, 11) is 0. The maximum absolute atomic E-state index is 5.98. The summed E-state index contributed by atoms with van der Waals surface area (Å²) < 4.78 is 6.40. The molecule has 0 aliphatic heterocycles. The summed E-state index contributed by atoms with van der Waals surface area (Å²) in [5, 5.41) is 5.62. The maximum Gasteiger partial charge on any atom is 0.174 e. The van der Waals surface area contributed by atoms with Crippen molar-refractivity contribution in [3.05, 3.63) is 52.0 Å². The van der Waals surface area contributed by atoms with E-state index in [1.54, 1.807) is 6.07 Å². The van der Waals surface area contributed by atoms with Crippen LogP contribution in [0.25, 0.3) is 22.2 Å². The van der Waals surface area contributed by atoms with Crippen LogP contribution in [0.3, 0.4) is 0 Å². The average molecular weight is 309 g/mol. The molecule has 0 saturated carbocycles. The lowest BCUT2D eigenvalue weighted by Crippen LogP contribution is -1.75. The standard InChI is InChI=1S/C13H7BrClNO/c14-9-3-1-8(2-4-9)13-11-7-10(15)5-6-12(11)16-17-13/h1-7H. The molecule has 0 saturated heterocycles. The van der Waals surface area contributed by atoms with Crippen LogP contribution in [0.5, 0.6) is 0 Å². The topological polar surface area (TPSA) is 26.0 Å². The van der Waals surface area contributed by atoms with E-state index in [0.717, 1.165) is 26.7 Å². The maximum atomic E-state index is 5.98. The number of hydrogen-bond acceptors (Lipinski definition) is 2. The van der Waals surface area contributed by atoms with Crippen molar-refractivity contribution in [3.63, 3.8) is 0 Å². The Morgan fingerprint density at radius 2 is 1.82 bits per heavy atom. The molecule has 0 unspecified atom stereocenters. The van der Waals surface area contributed by atoms with Crippen molar-refractivity contribution in [1.29, 1.82) is 0 Å². The molecule has 1 heterocycles. The minimum Gasteiger partial charge on any atom is -0.355 e. The number of aromatic nitrogens is 1. The highest BCUT2D eigenvalue weighted by Gasteiger charge is 2.10. The zero-order valence-electron chi connectivity index (χ0n) is 8.65. The van der Waals surface area contributed by atoms with Crippen LogP contribution in [0.15, 0.2) is 51.5 Å². The van der Waals surface area contributed by atoms with Gasteiger partial charge in [0.1, 0.15) is 5.52 Å². The third-order valence-corrected chi connectivity index (χ3v) is 3.31. The molecule has 0 aliphatic carbocycles. The van der Waals surface area contributed by atoms with Gasteiger partial charge in [0.25, 0.3) is 0 Å². The fraction of sp³-hybridized carbons (Fsp3) is 0. The molecule has 0 amide bonds. The number of nitrogens with zero attached hydrogens (tertiary/aromatic N) is 1. The third-order valence-electron chi connectivity index (χ3n) is 2.54. The lowest BCUT2D eigenvalue weighted by molar-refractivity contribution is 0.441. The summed E-state index contributed by atoms with van der Waals surface area (Å²) in [5.41, 5.74) is 1.80. The molecule has 84 valence electrons. The van der Waals surface area contributed by atoms with Crippen molar-refractivity contribution in [1.82, 2.24) is 5.16 Å². The molecule has 3 aromatic rings. The van der Waals surface area contributed by atoms with Crippen LogP contribution < -0.4 is 0 Å². The highest BCUT2D eigenvalue weighted by molar-refractivity contribution is 9.10. The van der Waals surface area contributed by atoms with Gasteiger partial charge >= 0.3 is 0 Å². The minimum atomic E-state index is 0.680. The Labute approximate surface area is 111 Å². The molecule has 0 spiro atoms. The Bertz CT molecular complexity index is 675. The van der Waals surface area contributed by atoms with E-state index in [2.05, 4.69) is 21.1 Å². The van der Waals surface area contributed by atoms with Gasteiger partial charge in [-0.05, 0) is 42.5 Å². The van der Waals surface area contributed by atoms with E-state index in [9.17, 15) is 0 Å². The first kappa shape index (κ1) is 10.8. The quantitative estimate of drug-likeness (QED) is 0.638. The second kappa shape index (κ2) is 4.17. The molecular weight excluding hydrogens is 302 g/mol. The molecule has 0 bridgehead atoms. The fourth-order valence-electron chi connectivity index (χ4n) is 1.72. The number of benzene rings is 2. The van der Waals surface area contributed by atoms with Gasteiger partial charge in [-0.15, -0.1) is 0 Å². The summed E-state index contributed by atoms with van der Waals surface area (Å²) in [6.07, 6.45) is 0. The van der Waals surface area contributed by atoms with E-state index in [-0.39, 0.29) is 0 Å². The SMILES string of the molecule is Clc1ccc2noc(-c3ccc(Br)cc3)c2c1. The van der Waals surface area contributed by atoms with Crippen LogP contribution >= 0.6 is 27.5 Å². The van der Waals surface area contributed by atoms with Crippen LogP contribution in [0.2, 0.25) is 5.02 Å².